The zero-order valence-corrected chi connectivity index (χ0v) is 16.1. The SMILES string of the molecule is O=C(COc1ccc(Cl)cc1-c1cnoc1)N/N=C\c1coc2ccccc2c1=O. The molecule has 1 N–H and O–H groups in total. The van der Waals surface area contributed by atoms with Crippen molar-refractivity contribution in [3.05, 3.63) is 82.0 Å². The first-order chi connectivity index (χ1) is 14.6. The molecule has 2 heterocycles. The second-order valence-electron chi connectivity index (χ2n) is 6.15. The van der Waals surface area contributed by atoms with Crippen LogP contribution in [0, 0.1) is 0 Å². The number of halogens is 1. The predicted molar refractivity (Wildman–Crippen MR) is 111 cm³/mol. The van der Waals surface area contributed by atoms with Gasteiger partial charge >= 0.3 is 0 Å². The van der Waals surface area contributed by atoms with Crippen LogP contribution in [-0.4, -0.2) is 23.9 Å². The lowest BCUT2D eigenvalue weighted by atomic mass is 10.1. The summed E-state index contributed by atoms with van der Waals surface area (Å²) in [5.41, 5.74) is 4.05. The summed E-state index contributed by atoms with van der Waals surface area (Å²) >= 11 is 6.03. The highest BCUT2D eigenvalue weighted by atomic mass is 35.5. The number of nitrogens with one attached hydrogen (secondary N) is 1. The molecule has 8 nitrogen and oxygen atoms in total. The molecule has 2 aromatic heterocycles. The summed E-state index contributed by atoms with van der Waals surface area (Å²) in [6.45, 7) is -0.302. The van der Waals surface area contributed by atoms with Crippen LogP contribution < -0.4 is 15.6 Å². The van der Waals surface area contributed by atoms with Gasteiger partial charge in [0.25, 0.3) is 5.91 Å². The third kappa shape index (κ3) is 4.23. The smallest absolute Gasteiger partial charge is 0.277 e. The summed E-state index contributed by atoms with van der Waals surface area (Å²) in [5.74, 6) is -0.0838. The summed E-state index contributed by atoms with van der Waals surface area (Å²) in [5, 5.41) is 8.38. The molecule has 0 aliphatic heterocycles. The summed E-state index contributed by atoms with van der Waals surface area (Å²) in [7, 11) is 0. The van der Waals surface area contributed by atoms with E-state index in [1.54, 1.807) is 42.5 Å². The predicted octanol–water partition coefficient (Wildman–Crippen LogP) is 3.63. The maximum Gasteiger partial charge on any atom is 0.277 e. The third-order valence-corrected chi connectivity index (χ3v) is 4.38. The largest absolute Gasteiger partial charge is 0.483 e. The van der Waals surface area contributed by atoms with Gasteiger partial charge in [0.15, 0.2) is 6.61 Å². The van der Waals surface area contributed by atoms with E-state index in [1.165, 1.54) is 24.9 Å². The van der Waals surface area contributed by atoms with Gasteiger partial charge in [-0.3, -0.25) is 9.59 Å². The standard InChI is InChI=1S/C21H14ClN3O5/c22-15-5-6-19(17(7-15)13-9-24-30-11-13)29-12-20(26)25-23-8-14-10-28-18-4-2-1-3-16(18)21(14)27/h1-11H,12H2,(H,25,26)/b23-8-. The normalized spacial score (nSPS) is 11.1. The lowest BCUT2D eigenvalue weighted by Crippen LogP contribution is -2.25. The highest BCUT2D eigenvalue weighted by Gasteiger charge is 2.11. The van der Waals surface area contributed by atoms with Crippen molar-refractivity contribution in [1.82, 2.24) is 10.6 Å². The van der Waals surface area contributed by atoms with Crippen molar-refractivity contribution in [3.8, 4) is 16.9 Å². The highest BCUT2D eigenvalue weighted by molar-refractivity contribution is 6.31. The molecule has 0 aliphatic rings. The molecule has 0 unspecified atom stereocenters. The van der Waals surface area contributed by atoms with Gasteiger partial charge < -0.3 is 13.7 Å². The number of carbonyl (C=O) groups is 1. The van der Waals surface area contributed by atoms with Crippen molar-refractivity contribution in [1.29, 1.82) is 0 Å². The number of hydrogen-bond donors (Lipinski definition) is 1. The Balaban J connectivity index is 1.41. The second kappa shape index (κ2) is 8.62. The van der Waals surface area contributed by atoms with Gasteiger partial charge in [-0.15, -0.1) is 0 Å². The Bertz CT molecular complexity index is 1280. The van der Waals surface area contributed by atoms with Gasteiger partial charge in [-0.25, -0.2) is 5.43 Å². The highest BCUT2D eigenvalue weighted by Crippen LogP contribution is 2.32. The summed E-state index contributed by atoms with van der Waals surface area (Å²) in [4.78, 5) is 24.4. The van der Waals surface area contributed by atoms with Crippen molar-refractivity contribution in [2.75, 3.05) is 6.61 Å². The number of amides is 1. The van der Waals surface area contributed by atoms with Crippen LogP contribution in [0.3, 0.4) is 0 Å². The zero-order chi connectivity index (χ0) is 20.9. The number of hydrogen-bond acceptors (Lipinski definition) is 7. The molecule has 2 aromatic carbocycles. The van der Waals surface area contributed by atoms with Gasteiger partial charge in [0.1, 0.15) is 23.9 Å². The third-order valence-electron chi connectivity index (χ3n) is 4.14. The molecule has 0 aliphatic carbocycles. The molecule has 150 valence electrons. The van der Waals surface area contributed by atoms with Crippen molar-refractivity contribution in [3.63, 3.8) is 0 Å². The van der Waals surface area contributed by atoms with E-state index in [0.29, 0.717) is 32.9 Å². The molecule has 0 saturated carbocycles. The molecule has 30 heavy (non-hydrogen) atoms. The first-order valence-electron chi connectivity index (χ1n) is 8.76. The number of nitrogens with zero attached hydrogens (tertiary/aromatic N) is 2. The molecule has 0 spiro atoms. The molecule has 4 aromatic rings. The second-order valence-corrected chi connectivity index (χ2v) is 6.59. The summed E-state index contributed by atoms with van der Waals surface area (Å²) in [6, 6.07) is 11.8. The van der Waals surface area contributed by atoms with Gasteiger partial charge in [-0.1, -0.05) is 28.9 Å². The lowest BCUT2D eigenvalue weighted by Gasteiger charge is -2.09. The molecule has 0 bridgehead atoms. The number of carbonyl (C=O) groups excluding carboxylic acids is 1. The lowest BCUT2D eigenvalue weighted by molar-refractivity contribution is -0.123. The van der Waals surface area contributed by atoms with Crippen LogP contribution in [0.5, 0.6) is 5.75 Å². The van der Waals surface area contributed by atoms with Crippen molar-refractivity contribution in [2.24, 2.45) is 5.10 Å². The number of rotatable bonds is 6. The van der Waals surface area contributed by atoms with E-state index in [0.717, 1.165) is 0 Å². The Morgan fingerprint density at radius 2 is 2.10 bits per heavy atom. The minimum atomic E-state index is -0.511. The van der Waals surface area contributed by atoms with Gasteiger partial charge in [0.2, 0.25) is 5.43 Å². The average molecular weight is 424 g/mol. The molecule has 1 amide bonds. The van der Waals surface area contributed by atoms with Gasteiger partial charge in [0, 0.05) is 16.1 Å². The molecule has 0 atom stereocenters. The van der Waals surface area contributed by atoms with Gasteiger partial charge in [-0.2, -0.15) is 5.10 Å². The van der Waals surface area contributed by atoms with Crippen molar-refractivity contribution < 1.29 is 18.5 Å². The Morgan fingerprint density at radius 3 is 2.93 bits per heavy atom. The zero-order valence-electron chi connectivity index (χ0n) is 15.4. The van der Waals surface area contributed by atoms with E-state index in [2.05, 4.69) is 15.7 Å². The minimum Gasteiger partial charge on any atom is -0.483 e. The topological polar surface area (TPSA) is 107 Å². The Kier molecular flexibility index (Phi) is 5.58. The monoisotopic (exact) mass is 423 g/mol. The first kappa shape index (κ1) is 19.4. The fourth-order valence-electron chi connectivity index (χ4n) is 2.72. The molecule has 4 rings (SSSR count). The van der Waals surface area contributed by atoms with Crippen LogP contribution in [0.15, 0.2) is 80.0 Å². The van der Waals surface area contributed by atoms with E-state index >= 15 is 0 Å². The molecular weight excluding hydrogens is 410 g/mol. The van der Waals surface area contributed by atoms with Crippen LogP contribution in [0.25, 0.3) is 22.1 Å². The van der Waals surface area contributed by atoms with Crippen molar-refractivity contribution >= 4 is 34.7 Å². The molecule has 0 radical (unpaired) electrons. The van der Waals surface area contributed by atoms with Crippen LogP contribution in [0.2, 0.25) is 5.02 Å². The number of para-hydroxylation sites is 1. The van der Waals surface area contributed by atoms with Gasteiger partial charge in [0.05, 0.1) is 23.4 Å². The maximum absolute atomic E-state index is 12.4. The van der Waals surface area contributed by atoms with Crippen LogP contribution >= 0.6 is 11.6 Å². The summed E-state index contributed by atoms with van der Waals surface area (Å²) < 4.78 is 15.8. The molecule has 0 fully saturated rings. The first-order valence-corrected chi connectivity index (χ1v) is 9.14. The van der Waals surface area contributed by atoms with E-state index in [-0.39, 0.29) is 17.6 Å². The van der Waals surface area contributed by atoms with Crippen molar-refractivity contribution in [2.45, 2.75) is 0 Å². The number of fused-ring (bicyclic) bond motifs is 1. The quantitative estimate of drug-likeness (QED) is 0.375. The molecule has 9 heteroatoms. The number of hydrazone groups is 1. The van der Waals surface area contributed by atoms with E-state index in [4.69, 9.17) is 25.3 Å². The van der Waals surface area contributed by atoms with Crippen LogP contribution in [0.1, 0.15) is 5.56 Å². The van der Waals surface area contributed by atoms with E-state index in [9.17, 15) is 9.59 Å². The van der Waals surface area contributed by atoms with Crippen LogP contribution in [0.4, 0.5) is 0 Å². The molecular formula is C21H14ClN3O5. The Hall–Kier alpha value is -3.91. The Labute approximate surface area is 174 Å². The number of aromatic nitrogens is 1. The maximum atomic E-state index is 12.4. The fourth-order valence-corrected chi connectivity index (χ4v) is 2.90. The van der Waals surface area contributed by atoms with E-state index < -0.39 is 5.91 Å². The number of ether oxygens (including phenoxy) is 1. The Morgan fingerprint density at radius 1 is 1.23 bits per heavy atom. The van der Waals surface area contributed by atoms with Gasteiger partial charge in [-0.05, 0) is 30.3 Å². The average Bonchev–Trinajstić information content (AvgIpc) is 3.29. The summed E-state index contributed by atoms with van der Waals surface area (Å²) in [6.07, 6.45) is 5.47. The van der Waals surface area contributed by atoms with E-state index in [1.807, 2.05) is 0 Å². The minimum absolute atomic E-state index is 0.211. The fraction of sp³-hybridized carbons (Fsp3) is 0.0476. The van der Waals surface area contributed by atoms with Crippen LogP contribution in [-0.2, 0) is 4.79 Å². The molecule has 0 saturated heterocycles. The number of benzene rings is 2.